The van der Waals surface area contributed by atoms with Crippen LogP contribution in [0.5, 0.6) is 0 Å². The average molecular weight is 224 g/mol. The first-order chi connectivity index (χ1) is 8.18. The van der Waals surface area contributed by atoms with Gasteiger partial charge in [-0.25, -0.2) is 0 Å². The monoisotopic (exact) mass is 224 g/mol. The molecule has 1 aliphatic carbocycles. The van der Waals surface area contributed by atoms with Crippen LogP contribution in [-0.4, -0.2) is 16.7 Å². The van der Waals surface area contributed by atoms with Gasteiger partial charge in [-0.2, -0.15) is 0 Å². The molecule has 0 fully saturated rings. The number of hydrogen-bond acceptors (Lipinski definition) is 3. The Balaban J connectivity index is 2.48. The summed E-state index contributed by atoms with van der Waals surface area (Å²) in [7, 11) is 0. The highest BCUT2D eigenvalue weighted by Gasteiger charge is 2.27. The average Bonchev–Trinajstić information content (AvgIpc) is 2.35. The quantitative estimate of drug-likeness (QED) is 0.699. The second-order valence-electron chi connectivity index (χ2n) is 3.93. The molecule has 3 heteroatoms. The van der Waals surface area contributed by atoms with E-state index in [1.165, 1.54) is 0 Å². The summed E-state index contributed by atoms with van der Waals surface area (Å²) in [6.07, 6.45) is 0.972. The van der Waals surface area contributed by atoms with Gasteiger partial charge in [0.1, 0.15) is 5.76 Å². The molecular formula is C14H8O3. The van der Waals surface area contributed by atoms with Gasteiger partial charge in [0.2, 0.25) is 11.6 Å². The molecule has 2 aromatic carbocycles. The van der Waals surface area contributed by atoms with Crippen molar-refractivity contribution >= 4 is 28.1 Å². The zero-order valence-corrected chi connectivity index (χ0v) is 8.81. The Kier molecular flexibility index (Phi) is 1.89. The van der Waals surface area contributed by atoms with Crippen LogP contribution in [0.25, 0.3) is 16.5 Å². The van der Waals surface area contributed by atoms with E-state index in [0.717, 1.165) is 11.5 Å². The van der Waals surface area contributed by atoms with Crippen molar-refractivity contribution in [2.45, 2.75) is 0 Å². The molecule has 2 aromatic rings. The lowest BCUT2D eigenvalue weighted by molar-refractivity contribution is -0.111. The number of hydrogen-bond donors (Lipinski definition) is 1. The summed E-state index contributed by atoms with van der Waals surface area (Å²) in [4.78, 5) is 23.3. The summed E-state index contributed by atoms with van der Waals surface area (Å²) < 4.78 is 0. The van der Waals surface area contributed by atoms with Crippen LogP contribution in [0.1, 0.15) is 15.9 Å². The molecule has 0 saturated carbocycles. The Bertz CT molecular complexity index is 696. The molecule has 0 spiro atoms. The summed E-state index contributed by atoms with van der Waals surface area (Å²) in [5, 5.41) is 11.3. The third kappa shape index (κ3) is 1.29. The first-order valence-electron chi connectivity index (χ1n) is 5.20. The predicted molar refractivity (Wildman–Crippen MR) is 63.9 cm³/mol. The van der Waals surface area contributed by atoms with Gasteiger partial charge in [-0.05, 0) is 16.8 Å². The molecule has 0 aliphatic heterocycles. The Morgan fingerprint density at radius 2 is 1.71 bits per heavy atom. The van der Waals surface area contributed by atoms with E-state index in [1.807, 2.05) is 18.2 Å². The molecule has 0 amide bonds. The maximum absolute atomic E-state index is 11.9. The Labute approximate surface area is 97.0 Å². The molecule has 0 aromatic heterocycles. The van der Waals surface area contributed by atoms with Crippen LogP contribution in [0.2, 0.25) is 0 Å². The van der Waals surface area contributed by atoms with Gasteiger partial charge >= 0.3 is 0 Å². The third-order valence-corrected chi connectivity index (χ3v) is 2.92. The van der Waals surface area contributed by atoms with Crippen molar-refractivity contribution in [3.8, 4) is 0 Å². The smallest absolute Gasteiger partial charge is 0.234 e. The summed E-state index contributed by atoms with van der Waals surface area (Å²) in [5.41, 5.74) is 0.724. The van der Waals surface area contributed by atoms with Crippen LogP contribution in [-0.2, 0) is 4.79 Å². The molecule has 82 valence electrons. The first-order valence-corrected chi connectivity index (χ1v) is 5.20. The highest BCUT2D eigenvalue weighted by Crippen LogP contribution is 2.29. The fourth-order valence-corrected chi connectivity index (χ4v) is 2.12. The SMILES string of the molecule is O=C1C=C(O)c2ccc3ccccc3c2C1=O. The highest BCUT2D eigenvalue weighted by atomic mass is 16.3. The van der Waals surface area contributed by atoms with Crippen molar-refractivity contribution in [3.63, 3.8) is 0 Å². The minimum Gasteiger partial charge on any atom is -0.507 e. The van der Waals surface area contributed by atoms with Crippen molar-refractivity contribution in [1.29, 1.82) is 0 Å². The van der Waals surface area contributed by atoms with Crippen molar-refractivity contribution in [2.75, 3.05) is 0 Å². The normalized spacial score (nSPS) is 14.7. The van der Waals surface area contributed by atoms with E-state index in [2.05, 4.69) is 0 Å². The maximum Gasteiger partial charge on any atom is 0.234 e. The number of benzene rings is 2. The molecule has 0 radical (unpaired) electrons. The standard InChI is InChI=1S/C14H8O3/c15-11-7-12(16)14(17)13-9-4-2-1-3-8(9)5-6-10(11)13/h1-7,15H. The van der Waals surface area contributed by atoms with Gasteiger partial charge in [0.25, 0.3) is 0 Å². The molecule has 1 N–H and O–H groups in total. The summed E-state index contributed by atoms with van der Waals surface area (Å²) in [6, 6.07) is 10.8. The largest absolute Gasteiger partial charge is 0.507 e. The van der Waals surface area contributed by atoms with E-state index in [-0.39, 0.29) is 5.76 Å². The highest BCUT2D eigenvalue weighted by molar-refractivity contribution is 6.52. The molecule has 3 rings (SSSR count). The first kappa shape index (κ1) is 9.78. The van der Waals surface area contributed by atoms with E-state index in [1.54, 1.807) is 18.2 Å². The van der Waals surface area contributed by atoms with E-state index >= 15 is 0 Å². The van der Waals surface area contributed by atoms with Gasteiger partial charge in [0, 0.05) is 17.2 Å². The van der Waals surface area contributed by atoms with Crippen molar-refractivity contribution in [1.82, 2.24) is 0 Å². The maximum atomic E-state index is 11.9. The summed E-state index contributed by atoms with van der Waals surface area (Å²) in [5.74, 6) is -1.38. The van der Waals surface area contributed by atoms with Crippen LogP contribution in [0.15, 0.2) is 42.5 Å². The van der Waals surface area contributed by atoms with Gasteiger partial charge in [-0.3, -0.25) is 9.59 Å². The van der Waals surface area contributed by atoms with Crippen LogP contribution < -0.4 is 0 Å². The second-order valence-corrected chi connectivity index (χ2v) is 3.93. The minimum atomic E-state index is -0.675. The Hall–Kier alpha value is -2.42. The molecule has 0 atom stereocenters. The number of fused-ring (bicyclic) bond motifs is 3. The zero-order valence-electron chi connectivity index (χ0n) is 8.81. The van der Waals surface area contributed by atoms with E-state index in [0.29, 0.717) is 16.5 Å². The minimum absolute atomic E-state index is 0.143. The van der Waals surface area contributed by atoms with Gasteiger partial charge in [0.15, 0.2) is 0 Å². The van der Waals surface area contributed by atoms with Crippen LogP contribution >= 0.6 is 0 Å². The topological polar surface area (TPSA) is 54.4 Å². The third-order valence-electron chi connectivity index (χ3n) is 2.92. The lowest BCUT2D eigenvalue weighted by Gasteiger charge is -2.14. The van der Waals surface area contributed by atoms with Gasteiger partial charge in [-0.1, -0.05) is 30.3 Å². The van der Waals surface area contributed by atoms with Crippen LogP contribution in [0, 0.1) is 0 Å². The molecular weight excluding hydrogens is 216 g/mol. The predicted octanol–water partition coefficient (Wildman–Crippen LogP) is 2.50. The van der Waals surface area contributed by atoms with Crippen LogP contribution in [0.3, 0.4) is 0 Å². The zero-order chi connectivity index (χ0) is 12.0. The second kappa shape index (κ2) is 3.28. The number of aliphatic hydroxyl groups excluding tert-OH is 1. The number of Topliss-reactive ketones (excluding diaryl/α,β-unsaturated/α-hetero) is 1. The number of rotatable bonds is 0. The molecule has 17 heavy (non-hydrogen) atoms. The lowest BCUT2D eigenvalue weighted by Crippen LogP contribution is -2.19. The summed E-state index contributed by atoms with van der Waals surface area (Å²) >= 11 is 0. The number of aliphatic hydroxyl groups is 1. The van der Waals surface area contributed by atoms with Gasteiger partial charge in [0.05, 0.1) is 0 Å². The fourth-order valence-electron chi connectivity index (χ4n) is 2.12. The lowest BCUT2D eigenvalue weighted by atomic mass is 9.89. The molecule has 0 bridgehead atoms. The fraction of sp³-hybridized carbons (Fsp3) is 0. The Morgan fingerprint density at radius 3 is 2.53 bits per heavy atom. The summed E-state index contributed by atoms with van der Waals surface area (Å²) in [6.45, 7) is 0. The van der Waals surface area contributed by atoms with Crippen molar-refractivity contribution in [3.05, 3.63) is 53.6 Å². The van der Waals surface area contributed by atoms with Gasteiger partial charge in [-0.15, -0.1) is 0 Å². The van der Waals surface area contributed by atoms with Crippen molar-refractivity contribution in [2.24, 2.45) is 0 Å². The molecule has 3 nitrogen and oxygen atoms in total. The van der Waals surface area contributed by atoms with E-state index in [9.17, 15) is 14.7 Å². The van der Waals surface area contributed by atoms with E-state index in [4.69, 9.17) is 0 Å². The Morgan fingerprint density at radius 1 is 0.941 bits per heavy atom. The molecule has 1 aliphatic rings. The van der Waals surface area contributed by atoms with Gasteiger partial charge < -0.3 is 5.11 Å². The van der Waals surface area contributed by atoms with Crippen LogP contribution in [0.4, 0.5) is 0 Å². The number of ketones is 2. The molecule has 0 heterocycles. The number of carbonyl (C=O) groups excluding carboxylic acids is 2. The molecule has 0 saturated heterocycles. The van der Waals surface area contributed by atoms with Crippen molar-refractivity contribution < 1.29 is 14.7 Å². The number of carbonyl (C=O) groups is 2. The number of allylic oxidation sites excluding steroid dienone is 1. The van der Waals surface area contributed by atoms with E-state index < -0.39 is 11.6 Å². The molecule has 0 unspecified atom stereocenters.